The first-order valence-corrected chi connectivity index (χ1v) is 12.0. The minimum absolute atomic E-state index is 0.174. The van der Waals surface area contributed by atoms with Crippen LogP contribution in [0.5, 0.6) is 0 Å². The van der Waals surface area contributed by atoms with Gasteiger partial charge in [-0.3, -0.25) is 24.5 Å². The van der Waals surface area contributed by atoms with Gasteiger partial charge in [-0.15, -0.1) is 0 Å². The molecular formula is C27H29N5O5. The number of carbonyl (C=O) groups excluding carboxylic acids is 4. The molecule has 1 unspecified atom stereocenters. The van der Waals surface area contributed by atoms with Crippen LogP contribution in [0.25, 0.3) is 11.0 Å². The summed E-state index contributed by atoms with van der Waals surface area (Å²) in [6, 6.07) is 13.7. The van der Waals surface area contributed by atoms with Crippen LogP contribution < -0.4 is 10.2 Å². The number of hydrogen-bond acceptors (Lipinski definition) is 6. The monoisotopic (exact) mass is 503 g/mol. The number of aromatic nitrogens is 2. The van der Waals surface area contributed by atoms with Crippen LogP contribution in [-0.2, 0) is 19.1 Å². The maximum Gasteiger partial charge on any atom is 0.325 e. The number of nitrogens with zero attached hydrogens (tertiary/aromatic N) is 4. The van der Waals surface area contributed by atoms with Crippen LogP contribution in [0, 0.1) is 0 Å². The Hall–Kier alpha value is -4.47. The molecule has 0 aliphatic carbocycles. The number of para-hydroxylation sites is 1. The van der Waals surface area contributed by atoms with Crippen molar-refractivity contribution in [1.82, 2.24) is 14.5 Å². The Labute approximate surface area is 214 Å². The van der Waals surface area contributed by atoms with Gasteiger partial charge in [0.15, 0.2) is 0 Å². The molecule has 0 saturated carbocycles. The van der Waals surface area contributed by atoms with Crippen molar-refractivity contribution in [1.29, 1.82) is 0 Å². The molecule has 10 heteroatoms. The Balaban J connectivity index is 1.86. The molecule has 1 aliphatic rings. The number of esters is 1. The van der Waals surface area contributed by atoms with Crippen LogP contribution in [0.2, 0.25) is 0 Å². The van der Waals surface area contributed by atoms with Gasteiger partial charge in [-0.05, 0) is 49.6 Å². The Bertz CT molecular complexity index is 1320. The number of carbonyl (C=O) groups is 4. The third-order valence-corrected chi connectivity index (χ3v) is 6.41. The van der Waals surface area contributed by atoms with E-state index in [1.165, 1.54) is 18.1 Å². The van der Waals surface area contributed by atoms with Crippen LogP contribution in [0.1, 0.15) is 35.7 Å². The molecule has 1 N–H and O–H groups in total. The molecule has 3 amide bonds. The van der Waals surface area contributed by atoms with Gasteiger partial charge in [0.05, 0.1) is 29.9 Å². The van der Waals surface area contributed by atoms with Gasteiger partial charge in [-0.25, -0.2) is 4.98 Å². The predicted octanol–water partition coefficient (Wildman–Crippen LogP) is 3.16. The van der Waals surface area contributed by atoms with Gasteiger partial charge in [-0.2, -0.15) is 0 Å². The van der Waals surface area contributed by atoms with Crippen molar-refractivity contribution >= 4 is 46.9 Å². The lowest BCUT2D eigenvalue weighted by atomic mass is 10.1. The van der Waals surface area contributed by atoms with Crippen LogP contribution in [-0.4, -0.2) is 65.4 Å². The zero-order chi connectivity index (χ0) is 26.4. The largest absolute Gasteiger partial charge is 0.468 e. The van der Waals surface area contributed by atoms with Gasteiger partial charge in [0.1, 0.15) is 6.54 Å². The number of benzene rings is 2. The molecule has 192 valence electrons. The second-order valence-electron chi connectivity index (χ2n) is 8.72. The Morgan fingerprint density at radius 1 is 1.16 bits per heavy atom. The van der Waals surface area contributed by atoms with Crippen LogP contribution in [0.4, 0.5) is 11.6 Å². The maximum atomic E-state index is 13.1. The summed E-state index contributed by atoms with van der Waals surface area (Å²) in [5.74, 6) is -0.803. The maximum absolute atomic E-state index is 13.1. The van der Waals surface area contributed by atoms with Gasteiger partial charge >= 0.3 is 5.97 Å². The molecule has 1 aromatic heterocycles. The van der Waals surface area contributed by atoms with Gasteiger partial charge in [0.2, 0.25) is 18.3 Å². The normalized spacial score (nSPS) is 15.5. The second kappa shape index (κ2) is 11.5. The average molecular weight is 504 g/mol. The standard InChI is InChI=1S/C27H29N5O5/c1-3-23(34)30-15-8-7-12-20(16-30)32-25-21(13-9-14-22(25)31(18-33)17-24(35)37-2)28-27(32)29-26(36)19-10-5-4-6-11-19/h3-6,9-11,13-14,18,20H,1,7-8,12,15-17H2,2H3,(H,28,29,36). The first-order chi connectivity index (χ1) is 18.0. The fraction of sp³-hybridized carbons (Fsp3) is 0.296. The van der Waals surface area contributed by atoms with Crippen molar-refractivity contribution in [3.8, 4) is 0 Å². The van der Waals surface area contributed by atoms with Crippen molar-refractivity contribution in [3.63, 3.8) is 0 Å². The molecule has 1 aliphatic heterocycles. The lowest BCUT2D eigenvalue weighted by Crippen LogP contribution is -2.35. The molecule has 3 aromatic rings. The molecule has 1 saturated heterocycles. The summed E-state index contributed by atoms with van der Waals surface area (Å²) in [5.41, 5.74) is 2.01. The Morgan fingerprint density at radius 2 is 1.95 bits per heavy atom. The fourth-order valence-electron chi connectivity index (χ4n) is 4.61. The second-order valence-corrected chi connectivity index (χ2v) is 8.72. The number of ether oxygens (including phenoxy) is 1. The van der Waals surface area contributed by atoms with Crippen LogP contribution in [0.15, 0.2) is 61.2 Å². The number of likely N-dealkylation sites (tertiary alicyclic amines) is 1. The minimum atomic E-state index is -0.579. The summed E-state index contributed by atoms with van der Waals surface area (Å²) < 4.78 is 6.64. The highest BCUT2D eigenvalue weighted by atomic mass is 16.5. The number of rotatable bonds is 8. The fourth-order valence-corrected chi connectivity index (χ4v) is 4.61. The van der Waals surface area contributed by atoms with E-state index in [1.54, 1.807) is 47.4 Å². The third kappa shape index (κ3) is 5.53. The molecule has 1 atom stereocenters. The first-order valence-electron chi connectivity index (χ1n) is 12.0. The molecule has 37 heavy (non-hydrogen) atoms. The van der Waals surface area contributed by atoms with Gasteiger partial charge in [0, 0.05) is 18.7 Å². The number of hydrogen-bond donors (Lipinski definition) is 1. The number of nitrogens with one attached hydrogen (secondary N) is 1. The third-order valence-electron chi connectivity index (χ3n) is 6.41. The first kappa shape index (κ1) is 25.6. The van der Waals surface area contributed by atoms with Crippen molar-refractivity contribution < 1.29 is 23.9 Å². The van der Waals surface area contributed by atoms with Gasteiger partial charge in [-0.1, -0.05) is 30.8 Å². The van der Waals surface area contributed by atoms with Crippen molar-refractivity contribution in [2.75, 3.05) is 37.0 Å². The van der Waals surface area contributed by atoms with E-state index in [9.17, 15) is 19.2 Å². The average Bonchev–Trinajstić information content (AvgIpc) is 3.12. The topological polar surface area (TPSA) is 114 Å². The van der Waals surface area contributed by atoms with E-state index in [1.807, 2.05) is 10.6 Å². The molecule has 1 fully saturated rings. The number of methoxy groups -OCH3 is 1. The Morgan fingerprint density at radius 3 is 2.65 bits per heavy atom. The zero-order valence-corrected chi connectivity index (χ0v) is 20.6. The molecule has 2 aromatic carbocycles. The minimum Gasteiger partial charge on any atom is -0.468 e. The summed E-state index contributed by atoms with van der Waals surface area (Å²) in [7, 11) is 1.25. The van der Waals surface area contributed by atoms with Crippen LogP contribution >= 0.6 is 0 Å². The molecular weight excluding hydrogens is 474 g/mol. The molecule has 0 bridgehead atoms. The lowest BCUT2D eigenvalue weighted by molar-refractivity contribution is -0.139. The highest BCUT2D eigenvalue weighted by Crippen LogP contribution is 2.35. The van der Waals surface area contributed by atoms with E-state index in [2.05, 4.69) is 11.9 Å². The van der Waals surface area contributed by atoms with E-state index in [4.69, 9.17) is 9.72 Å². The molecule has 4 rings (SSSR count). The van der Waals surface area contributed by atoms with E-state index in [-0.39, 0.29) is 30.3 Å². The summed E-state index contributed by atoms with van der Waals surface area (Å²) in [5, 5.41) is 2.92. The highest BCUT2D eigenvalue weighted by Gasteiger charge is 2.29. The number of amides is 3. The van der Waals surface area contributed by atoms with Crippen molar-refractivity contribution in [2.24, 2.45) is 0 Å². The SMILES string of the molecule is C=CC(=O)N1CCCCC(n2c(NC(=O)c3ccccc3)nc3cccc(N(C=O)CC(=O)OC)c32)C1. The summed E-state index contributed by atoms with van der Waals surface area (Å²) in [6.45, 7) is 4.30. The van der Waals surface area contributed by atoms with E-state index in [0.717, 1.165) is 12.8 Å². The lowest BCUT2D eigenvalue weighted by Gasteiger charge is -2.27. The molecule has 0 spiro atoms. The quantitative estimate of drug-likeness (QED) is 0.287. The zero-order valence-electron chi connectivity index (χ0n) is 20.6. The summed E-state index contributed by atoms with van der Waals surface area (Å²) in [4.78, 5) is 57.4. The smallest absolute Gasteiger partial charge is 0.325 e. The molecule has 2 heterocycles. The number of anilines is 2. The summed E-state index contributed by atoms with van der Waals surface area (Å²) >= 11 is 0. The predicted molar refractivity (Wildman–Crippen MR) is 139 cm³/mol. The van der Waals surface area contributed by atoms with Crippen molar-refractivity contribution in [3.05, 3.63) is 66.7 Å². The van der Waals surface area contributed by atoms with Gasteiger partial charge < -0.3 is 19.1 Å². The van der Waals surface area contributed by atoms with E-state index >= 15 is 0 Å². The number of imidazole rings is 1. The van der Waals surface area contributed by atoms with E-state index in [0.29, 0.717) is 48.2 Å². The van der Waals surface area contributed by atoms with Gasteiger partial charge in [0.25, 0.3) is 5.91 Å². The molecule has 10 nitrogen and oxygen atoms in total. The van der Waals surface area contributed by atoms with E-state index < -0.39 is 5.97 Å². The Kier molecular flexibility index (Phi) is 7.97. The summed E-state index contributed by atoms with van der Waals surface area (Å²) in [6.07, 6.45) is 4.24. The van der Waals surface area contributed by atoms with Crippen LogP contribution in [0.3, 0.4) is 0 Å². The highest BCUT2D eigenvalue weighted by molar-refractivity contribution is 6.05. The molecule has 0 radical (unpaired) electrons. The number of fused-ring (bicyclic) bond motifs is 1. The van der Waals surface area contributed by atoms with Crippen molar-refractivity contribution in [2.45, 2.75) is 25.3 Å².